The summed E-state index contributed by atoms with van der Waals surface area (Å²) in [6.45, 7) is 8.37. The van der Waals surface area contributed by atoms with Crippen LogP contribution in [0.5, 0.6) is 0 Å². The summed E-state index contributed by atoms with van der Waals surface area (Å²) in [6, 6.07) is 0.860. The van der Waals surface area contributed by atoms with Crippen molar-refractivity contribution in [3.63, 3.8) is 0 Å². The molecule has 1 aliphatic heterocycles. The second kappa shape index (κ2) is 5.50. The van der Waals surface area contributed by atoms with E-state index < -0.39 is 0 Å². The standard InChI is InChI=1S/C14H28N2/c1-3-5-12-10-13(12)16-11-14(4-2)6-8-15-9-7-14/h12-13,15-16H,3-11H2,1-2H3. The molecular formula is C14H28N2. The van der Waals surface area contributed by atoms with Gasteiger partial charge in [-0.3, -0.25) is 0 Å². The van der Waals surface area contributed by atoms with Gasteiger partial charge in [0.1, 0.15) is 0 Å². The zero-order valence-corrected chi connectivity index (χ0v) is 11.0. The molecule has 2 heteroatoms. The number of piperidine rings is 1. The third-order valence-electron chi connectivity index (χ3n) is 4.74. The van der Waals surface area contributed by atoms with E-state index in [-0.39, 0.29) is 0 Å². The summed E-state index contributed by atoms with van der Waals surface area (Å²) in [6.07, 6.45) is 8.28. The van der Waals surface area contributed by atoms with E-state index >= 15 is 0 Å². The molecule has 16 heavy (non-hydrogen) atoms. The van der Waals surface area contributed by atoms with Crippen molar-refractivity contribution in [2.45, 2.75) is 58.4 Å². The van der Waals surface area contributed by atoms with Gasteiger partial charge in [-0.05, 0) is 56.5 Å². The van der Waals surface area contributed by atoms with Gasteiger partial charge in [0, 0.05) is 12.6 Å². The minimum Gasteiger partial charge on any atom is -0.317 e. The summed E-state index contributed by atoms with van der Waals surface area (Å²) in [7, 11) is 0. The summed E-state index contributed by atoms with van der Waals surface area (Å²) < 4.78 is 0. The van der Waals surface area contributed by atoms with Crippen molar-refractivity contribution in [3.05, 3.63) is 0 Å². The largest absolute Gasteiger partial charge is 0.317 e. The van der Waals surface area contributed by atoms with Crippen molar-refractivity contribution >= 4 is 0 Å². The van der Waals surface area contributed by atoms with E-state index in [2.05, 4.69) is 24.5 Å². The van der Waals surface area contributed by atoms with Crippen LogP contribution in [0.4, 0.5) is 0 Å². The number of hydrogen-bond donors (Lipinski definition) is 2. The van der Waals surface area contributed by atoms with Gasteiger partial charge in [-0.1, -0.05) is 20.3 Å². The molecule has 0 spiro atoms. The molecule has 0 aromatic rings. The second-order valence-corrected chi connectivity index (χ2v) is 5.88. The minimum atomic E-state index is 0.602. The molecule has 0 aromatic heterocycles. The van der Waals surface area contributed by atoms with E-state index in [9.17, 15) is 0 Å². The van der Waals surface area contributed by atoms with Crippen molar-refractivity contribution in [2.24, 2.45) is 11.3 Å². The van der Waals surface area contributed by atoms with Gasteiger partial charge in [0.25, 0.3) is 0 Å². The normalized spacial score (nSPS) is 32.6. The average Bonchev–Trinajstić information content (AvgIpc) is 3.07. The smallest absolute Gasteiger partial charge is 0.00993 e. The third-order valence-corrected chi connectivity index (χ3v) is 4.74. The molecule has 2 fully saturated rings. The van der Waals surface area contributed by atoms with Crippen LogP contribution < -0.4 is 10.6 Å². The molecule has 0 radical (unpaired) electrons. The van der Waals surface area contributed by atoms with Crippen molar-refractivity contribution < 1.29 is 0 Å². The lowest BCUT2D eigenvalue weighted by molar-refractivity contribution is 0.184. The van der Waals surface area contributed by atoms with E-state index in [0.29, 0.717) is 5.41 Å². The van der Waals surface area contributed by atoms with Crippen LogP contribution in [0, 0.1) is 11.3 Å². The zero-order valence-electron chi connectivity index (χ0n) is 11.0. The maximum Gasteiger partial charge on any atom is 0.00993 e. The number of hydrogen-bond acceptors (Lipinski definition) is 2. The van der Waals surface area contributed by atoms with Crippen LogP contribution in [-0.4, -0.2) is 25.7 Å². The fourth-order valence-electron chi connectivity index (χ4n) is 3.15. The van der Waals surface area contributed by atoms with Crippen molar-refractivity contribution in [1.29, 1.82) is 0 Å². The number of nitrogens with one attached hydrogen (secondary N) is 2. The predicted molar refractivity (Wildman–Crippen MR) is 69.6 cm³/mol. The highest BCUT2D eigenvalue weighted by molar-refractivity contribution is 4.95. The highest BCUT2D eigenvalue weighted by Gasteiger charge is 2.38. The van der Waals surface area contributed by atoms with Crippen molar-refractivity contribution in [1.82, 2.24) is 10.6 Å². The maximum absolute atomic E-state index is 3.83. The molecule has 2 N–H and O–H groups in total. The Morgan fingerprint density at radius 2 is 2.00 bits per heavy atom. The summed E-state index contributed by atoms with van der Waals surface area (Å²) in [5, 5.41) is 7.30. The fourth-order valence-corrected chi connectivity index (χ4v) is 3.15. The Bertz CT molecular complexity index is 209. The van der Waals surface area contributed by atoms with Gasteiger partial charge in [0.05, 0.1) is 0 Å². The van der Waals surface area contributed by atoms with Gasteiger partial charge < -0.3 is 10.6 Å². The van der Waals surface area contributed by atoms with Crippen LogP contribution in [0.15, 0.2) is 0 Å². The Balaban J connectivity index is 1.71. The molecule has 2 rings (SSSR count). The summed E-state index contributed by atoms with van der Waals surface area (Å²) in [5.41, 5.74) is 0.602. The molecule has 1 saturated carbocycles. The molecular weight excluding hydrogens is 196 g/mol. The average molecular weight is 224 g/mol. The Kier molecular flexibility index (Phi) is 4.26. The monoisotopic (exact) mass is 224 g/mol. The SMILES string of the molecule is CCCC1CC1NCC1(CC)CCNCC1. The number of rotatable bonds is 6. The molecule has 1 saturated heterocycles. The van der Waals surface area contributed by atoms with E-state index in [1.54, 1.807) is 0 Å². The Morgan fingerprint density at radius 1 is 1.25 bits per heavy atom. The predicted octanol–water partition coefficient (Wildman–Crippen LogP) is 2.54. The van der Waals surface area contributed by atoms with Crippen LogP contribution in [0.25, 0.3) is 0 Å². The Hall–Kier alpha value is -0.0800. The van der Waals surface area contributed by atoms with Gasteiger partial charge in [-0.15, -0.1) is 0 Å². The lowest BCUT2D eigenvalue weighted by atomic mass is 9.76. The van der Waals surface area contributed by atoms with Gasteiger partial charge in [-0.25, -0.2) is 0 Å². The van der Waals surface area contributed by atoms with Gasteiger partial charge in [0.2, 0.25) is 0 Å². The van der Waals surface area contributed by atoms with Crippen molar-refractivity contribution in [3.8, 4) is 0 Å². The van der Waals surface area contributed by atoms with Crippen LogP contribution >= 0.6 is 0 Å². The molecule has 1 heterocycles. The minimum absolute atomic E-state index is 0.602. The van der Waals surface area contributed by atoms with E-state index in [1.807, 2.05) is 0 Å². The zero-order chi connectivity index (χ0) is 11.4. The maximum atomic E-state index is 3.83. The van der Waals surface area contributed by atoms with Crippen molar-refractivity contribution in [2.75, 3.05) is 19.6 Å². The Labute approximate surface area is 101 Å². The summed E-state index contributed by atoms with van der Waals surface area (Å²) in [4.78, 5) is 0. The molecule has 0 bridgehead atoms. The van der Waals surface area contributed by atoms with Crippen LogP contribution in [0.1, 0.15) is 52.4 Å². The molecule has 1 aliphatic carbocycles. The second-order valence-electron chi connectivity index (χ2n) is 5.88. The lowest BCUT2D eigenvalue weighted by Gasteiger charge is -2.37. The lowest BCUT2D eigenvalue weighted by Crippen LogP contribution is -2.43. The first kappa shape index (κ1) is 12.4. The van der Waals surface area contributed by atoms with Gasteiger partial charge in [0.15, 0.2) is 0 Å². The quantitative estimate of drug-likeness (QED) is 0.724. The summed E-state index contributed by atoms with van der Waals surface area (Å²) >= 11 is 0. The highest BCUT2D eigenvalue weighted by atomic mass is 15.0. The first-order chi connectivity index (χ1) is 7.79. The molecule has 94 valence electrons. The van der Waals surface area contributed by atoms with Crippen LogP contribution in [-0.2, 0) is 0 Å². The molecule has 2 atom stereocenters. The Morgan fingerprint density at radius 3 is 2.62 bits per heavy atom. The first-order valence-electron chi connectivity index (χ1n) is 7.24. The summed E-state index contributed by atoms with van der Waals surface area (Å²) in [5.74, 6) is 1.00. The van der Waals surface area contributed by atoms with E-state index in [4.69, 9.17) is 0 Å². The third kappa shape index (κ3) is 2.98. The molecule has 2 aliphatic rings. The topological polar surface area (TPSA) is 24.1 Å². The molecule has 0 aromatic carbocycles. The van der Waals surface area contributed by atoms with Crippen LogP contribution in [0.2, 0.25) is 0 Å². The van der Waals surface area contributed by atoms with Gasteiger partial charge >= 0.3 is 0 Å². The highest BCUT2D eigenvalue weighted by Crippen LogP contribution is 2.37. The fraction of sp³-hybridized carbons (Fsp3) is 1.00. The van der Waals surface area contributed by atoms with Crippen LogP contribution in [0.3, 0.4) is 0 Å². The molecule has 2 nitrogen and oxygen atoms in total. The molecule has 0 amide bonds. The first-order valence-corrected chi connectivity index (χ1v) is 7.24. The molecule has 2 unspecified atom stereocenters. The van der Waals surface area contributed by atoms with E-state index in [1.165, 1.54) is 58.2 Å². The van der Waals surface area contributed by atoms with Gasteiger partial charge in [-0.2, -0.15) is 0 Å². The van der Waals surface area contributed by atoms with E-state index in [0.717, 1.165) is 12.0 Å².